The van der Waals surface area contributed by atoms with Crippen molar-refractivity contribution in [2.45, 2.75) is 24.2 Å². The smallest absolute Gasteiger partial charge is 0.449 e. The molecule has 1 heterocycles. The summed E-state index contributed by atoms with van der Waals surface area (Å²) in [7, 11) is 0. The van der Waals surface area contributed by atoms with Gasteiger partial charge in [-0.3, -0.25) is 0 Å². The lowest BCUT2D eigenvalue weighted by Crippen LogP contribution is -2.67. The maximum absolute atomic E-state index is 13.0. The topological polar surface area (TPSA) is 47.9 Å². The van der Waals surface area contributed by atoms with Crippen LogP contribution in [0.25, 0.3) is 0 Å². The van der Waals surface area contributed by atoms with Crippen LogP contribution in [-0.2, 0) is 14.2 Å². The van der Waals surface area contributed by atoms with Gasteiger partial charge in [-0.05, 0) is 0 Å². The highest BCUT2D eigenvalue weighted by Gasteiger charge is 2.73. The lowest BCUT2D eigenvalue weighted by Gasteiger charge is -2.42. The van der Waals surface area contributed by atoms with Gasteiger partial charge in [-0.2, -0.15) is 22.0 Å². The van der Waals surface area contributed by atoms with E-state index >= 15 is 0 Å². The molecule has 1 rings (SSSR count). The van der Waals surface area contributed by atoms with Gasteiger partial charge in [0.1, 0.15) is 13.2 Å². The highest BCUT2D eigenvalue weighted by Crippen LogP contribution is 2.46. The van der Waals surface area contributed by atoms with Gasteiger partial charge in [-0.1, -0.05) is 6.58 Å². The monoisotopic (exact) mass is 264 g/mol. The van der Waals surface area contributed by atoms with Crippen molar-refractivity contribution in [2.24, 2.45) is 0 Å². The van der Waals surface area contributed by atoms with Crippen molar-refractivity contribution < 1.29 is 41.3 Å². The molecule has 2 unspecified atom stereocenters. The van der Waals surface area contributed by atoms with E-state index in [0.29, 0.717) is 0 Å². The zero-order valence-electron chi connectivity index (χ0n) is 8.34. The quantitative estimate of drug-likeness (QED) is 0.618. The van der Waals surface area contributed by atoms with Crippen molar-refractivity contribution in [1.29, 1.82) is 0 Å². The van der Waals surface area contributed by atoms with E-state index in [-0.39, 0.29) is 0 Å². The normalized spacial score (nSPS) is 33.2. The summed E-state index contributed by atoms with van der Waals surface area (Å²) in [5.74, 6) is -9.19. The van der Waals surface area contributed by atoms with Crippen LogP contribution in [0, 0.1) is 0 Å². The lowest BCUT2D eigenvalue weighted by atomic mass is 10.1. The molecule has 1 aliphatic heterocycles. The molecule has 0 radical (unpaired) electrons. The summed E-state index contributed by atoms with van der Waals surface area (Å²) in [4.78, 5) is 0. The Morgan fingerprint density at radius 2 is 2.06 bits per heavy atom. The largest absolute Gasteiger partial charge is 0.497 e. The highest BCUT2D eigenvalue weighted by molar-refractivity contribution is 4.94. The summed E-state index contributed by atoms with van der Waals surface area (Å²) in [5, 5.41) is 8.95. The van der Waals surface area contributed by atoms with Crippen LogP contribution in [-0.4, -0.2) is 42.5 Å². The molecule has 0 amide bonds. The van der Waals surface area contributed by atoms with Gasteiger partial charge in [0.05, 0.1) is 6.26 Å². The number of halogens is 5. The Morgan fingerprint density at radius 1 is 1.47 bits per heavy atom. The van der Waals surface area contributed by atoms with E-state index in [1.54, 1.807) is 0 Å². The number of ether oxygens (including phenoxy) is 3. The molecule has 2 atom stereocenters. The average Bonchev–Trinajstić information content (AvgIpc) is 2.18. The van der Waals surface area contributed by atoms with E-state index in [1.807, 2.05) is 0 Å². The van der Waals surface area contributed by atoms with Crippen molar-refractivity contribution in [1.82, 2.24) is 0 Å². The molecule has 1 fully saturated rings. The van der Waals surface area contributed by atoms with Crippen LogP contribution in [0.4, 0.5) is 22.0 Å². The second-order valence-corrected chi connectivity index (χ2v) is 3.20. The first-order chi connectivity index (χ1) is 7.64. The first-order valence-electron chi connectivity index (χ1n) is 4.33. The van der Waals surface area contributed by atoms with Gasteiger partial charge in [0.2, 0.25) is 0 Å². The third-order valence-electron chi connectivity index (χ3n) is 1.98. The predicted octanol–water partition coefficient (Wildman–Crippen LogP) is 1.41. The number of hydrogen-bond donors (Lipinski definition) is 1. The standard InChI is InChI=1S/C8H9F5O4/c1-2-15-3-5-16-4-6(9,10)7(14,17-5)8(11,12)13/h2,5,14H,1,3-4H2. The minimum Gasteiger partial charge on any atom is -0.497 e. The molecule has 1 N–H and O–H groups in total. The van der Waals surface area contributed by atoms with E-state index in [1.165, 1.54) is 0 Å². The van der Waals surface area contributed by atoms with Crippen LogP contribution in [0.3, 0.4) is 0 Å². The molecule has 100 valence electrons. The van der Waals surface area contributed by atoms with Gasteiger partial charge in [-0.25, -0.2) is 0 Å². The summed E-state index contributed by atoms with van der Waals surface area (Å²) in [6.07, 6.45) is -6.56. The molecular formula is C8H9F5O4. The third kappa shape index (κ3) is 2.50. The van der Waals surface area contributed by atoms with Crippen LogP contribution in [0.5, 0.6) is 0 Å². The molecule has 0 saturated carbocycles. The van der Waals surface area contributed by atoms with E-state index < -0.39 is 37.4 Å². The van der Waals surface area contributed by atoms with Crippen LogP contribution in [0.15, 0.2) is 12.8 Å². The number of rotatable bonds is 3. The molecule has 0 aliphatic carbocycles. The predicted molar refractivity (Wildman–Crippen MR) is 42.9 cm³/mol. The van der Waals surface area contributed by atoms with Crippen molar-refractivity contribution in [3.63, 3.8) is 0 Å². The number of alkyl halides is 5. The van der Waals surface area contributed by atoms with Crippen LogP contribution >= 0.6 is 0 Å². The highest BCUT2D eigenvalue weighted by atomic mass is 19.4. The number of hydrogen-bond acceptors (Lipinski definition) is 4. The molecule has 0 bridgehead atoms. The van der Waals surface area contributed by atoms with Crippen LogP contribution in [0.2, 0.25) is 0 Å². The SMILES string of the molecule is C=COCC1OCC(F)(F)C(O)(C(F)(F)F)O1. The van der Waals surface area contributed by atoms with Gasteiger partial charge >= 0.3 is 17.9 Å². The van der Waals surface area contributed by atoms with E-state index in [4.69, 9.17) is 5.11 Å². The van der Waals surface area contributed by atoms with E-state index in [9.17, 15) is 22.0 Å². The molecule has 0 aromatic carbocycles. The Balaban J connectivity index is 2.86. The first kappa shape index (κ1) is 14.1. The fourth-order valence-electron chi connectivity index (χ4n) is 1.11. The molecule has 0 aromatic rings. The van der Waals surface area contributed by atoms with Gasteiger partial charge in [-0.15, -0.1) is 0 Å². The second-order valence-electron chi connectivity index (χ2n) is 3.20. The van der Waals surface area contributed by atoms with Crippen molar-refractivity contribution in [2.75, 3.05) is 13.2 Å². The maximum Gasteiger partial charge on any atom is 0.449 e. The summed E-state index contributed by atoms with van der Waals surface area (Å²) >= 11 is 0. The molecule has 0 aromatic heterocycles. The van der Waals surface area contributed by atoms with Gasteiger partial charge < -0.3 is 19.3 Å². The van der Waals surface area contributed by atoms with E-state index in [2.05, 4.69) is 20.8 Å². The summed E-state index contributed by atoms with van der Waals surface area (Å²) in [5.41, 5.74) is 0. The third-order valence-corrected chi connectivity index (χ3v) is 1.98. The summed E-state index contributed by atoms with van der Waals surface area (Å²) in [6.45, 7) is 0.863. The molecule has 1 aliphatic rings. The average molecular weight is 264 g/mol. The molecule has 17 heavy (non-hydrogen) atoms. The van der Waals surface area contributed by atoms with Gasteiger partial charge in [0, 0.05) is 0 Å². The van der Waals surface area contributed by atoms with E-state index in [0.717, 1.165) is 6.26 Å². The molecule has 1 saturated heterocycles. The molecule has 4 nitrogen and oxygen atoms in total. The van der Waals surface area contributed by atoms with Crippen LogP contribution < -0.4 is 0 Å². The minimum atomic E-state index is -5.66. The first-order valence-corrected chi connectivity index (χ1v) is 4.33. The molecule has 0 spiro atoms. The molecular weight excluding hydrogens is 255 g/mol. The Hall–Kier alpha value is -0.930. The second kappa shape index (κ2) is 4.39. The Bertz CT molecular complexity index is 292. The van der Waals surface area contributed by atoms with Crippen molar-refractivity contribution in [3.8, 4) is 0 Å². The minimum absolute atomic E-state index is 0.599. The Kier molecular flexibility index (Phi) is 3.65. The van der Waals surface area contributed by atoms with Gasteiger partial charge in [0.15, 0.2) is 6.29 Å². The number of aliphatic hydroxyl groups is 1. The van der Waals surface area contributed by atoms with Crippen LogP contribution in [0.1, 0.15) is 0 Å². The summed E-state index contributed by atoms with van der Waals surface area (Å²) < 4.78 is 75.5. The zero-order valence-corrected chi connectivity index (χ0v) is 8.34. The Labute approximate surface area is 92.6 Å². The lowest BCUT2D eigenvalue weighted by molar-refractivity contribution is -0.490. The fourth-order valence-corrected chi connectivity index (χ4v) is 1.11. The Morgan fingerprint density at radius 3 is 2.53 bits per heavy atom. The molecule has 9 heteroatoms. The van der Waals surface area contributed by atoms with Crippen molar-refractivity contribution in [3.05, 3.63) is 12.8 Å². The van der Waals surface area contributed by atoms with Gasteiger partial charge in [0.25, 0.3) is 0 Å². The van der Waals surface area contributed by atoms with Crippen molar-refractivity contribution >= 4 is 0 Å². The zero-order chi connectivity index (χ0) is 13.3. The maximum atomic E-state index is 13.0. The fraction of sp³-hybridized carbons (Fsp3) is 0.750. The summed E-state index contributed by atoms with van der Waals surface area (Å²) in [6, 6.07) is 0.